The van der Waals surface area contributed by atoms with E-state index in [1.54, 1.807) is 30.3 Å². The van der Waals surface area contributed by atoms with Crippen molar-refractivity contribution in [3.05, 3.63) is 68.6 Å². The number of benzene rings is 2. The molecule has 0 aromatic heterocycles. The minimum Gasteiger partial charge on any atom is -0.454 e. The molecule has 0 atom stereocenters. The van der Waals surface area contributed by atoms with E-state index >= 15 is 0 Å². The summed E-state index contributed by atoms with van der Waals surface area (Å²) in [7, 11) is 0. The van der Waals surface area contributed by atoms with Crippen molar-refractivity contribution in [1.29, 1.82) is 0 Å². The van der Waals surface area contributed by atoms with Gasteiger partial charge in [-0.3, -0.25) is 29.4 Å². The van der Waals surface area contributed by atoms with Crippen molar-refractivity contribution in [1.82, 2.24) is 10.2 Å². The molecule has 0 unspecified atom stereocenters. The van der Waals surface area contributed by atoms with Crippen molar-refractivity contribution in [2.45, 2.75) is 6.42 Å². The third-order valence-electron chi connectivity index (χ3n) is 4.76. The Morgan fingerprint density at radius 1 is 1.19 bits per heavy atom. The van der Waals surface area contributed by atoms with Gasteiger partial charge in [0.1, 0.15) is 0 Å². The van der Waals surface area contributed by atoms with Gasteiger partial charge in [-0.05, 0) is 35.5 Å². The first-order valence-electron chi connectivity index (χ1n) is 9.56. The van der Waals surface area contributed by atoms with Gasteiger partial charge in [-0.25, -0.2) is 0 Å². The van der Waals surface area contributed by atoms with E-state index in [1.807, 2.05) is 0 Å². The molecule has 2 aliphatic heterocycles. The molecule has 0 bridgehead atoms. The molecule has 10 nitrogen and oxygen atoms in total. The van der Waals surface area contributed by atoms with Gasteiger partial charge >= 0.3 is 0 Å². The van der Waals surface area contributed by atoms with Gasteiger partial charge in [-0.15, -0.1) is 0 Å². The lowest BCUT2D eigenvalue weighted by molar-refractivity contribution is -0.385. The fraction of sp³-hybridized carbons (Fsp3) is 0.190. The number of carbonyl (C=O) groups excluding carboxylic acids is 3. The second kappa shape index (κ2) is 9.10. The third kappa shape index (κ3) is 4.57. The second-order valence-electron chi connectivity index (χ2n) is 6.86. The number of imide groups is 1. The number of nitro benzene ring substituents is 1. The van der Waals surface area contributed by atoms with Crippen LogP contribution in [0.5, 0.6) is 11.5 Å². The van der Waals surface area contributed by atoms with Crippen LogP contribution in [0, 0.1) is 10.1 Å². The molecule has 1 saturated heterocycles. The quantitative estimate of drug-likeness (QED) is 0.383. The number of fused-ring (bicyclic) bond motifs is 1. The van der Waals surface area contributed by atoms with Crippen LogP contribution >= 0.6 is 11.8 Å². The lowest BCUT2D eigenvalue weighted by Crippen LogP contribution is -2.37. The van der Waals surface area contributed by atoms with Crippen LogP contribution in [0.15, 0.2) is 47.4 Å². The van der Waals surface area contributed by atoms with E-state index in [9.17, 15) is 24.5 Å². The monoisotopic (exact) mass is 455 g/mol. The average molecular weight is 455 g/mol. The first kappa shape index (κ1) is 21.4. The number of nitro groups is 1. The van der Waals surface area contributed by atoms with E-state index in [-0.39, 0.29) is 42.5 Å². The molecule has 32 heavy (non-hydrogen) atoms. The van der Waals surface area contributed by atoms with Crippen LogP contribution < -0.4 is 14.8 Å². The second-order valence-corrected chi connectivity index (χ2v) is 7.85. The van der Waals surface area contributed by atoms with Gasteiger partial charge in [-0.2, -0.15) is 0 Å². The maximum absolute atomic E-state index is 12.6. The Kier molecular flexibility index (Phi) is 6.08. The van der Waals surface area contributed by atoms with Crippen molar-refractivity contribution in [2.75, 3.05) is 19.9 Å². The van der Waals surface area contributed by atoms with E-state index in [0.717, 1.165) is 16.7 Å². The van der Waals surface area contributed by atoms with Gasteiger partial charge in [0.15, 0.2) is 11.5 Å². The first-order chi connectivity index (χ1) is 15.4. The van der Waals surface area contributed by atoms with Gasteiger partial charge < -0.3 is 14.8 Å². The summed E-state index contributed by atoms with van der Waals surface area (Å²) in [4.78, 5) is 48.8. The van der Waals surface area contributed by atoms with Crippen molar-refractivity contribution in [2.24, 2.45) is 0 Å². The van der Waals surface area contributed by atoms with Crippen LogP contribution in [0.1, 0.15) is 11.1 Å². The molecule has 164 valence electrons. The maximum Gasteiger partial charge on any atom is 0.293 e. The summed E-state index contributed by atoms with van der Waals surface area (Å²) in [6, 6.07) is 11.2. The highest BCUT2D eigenvalue weighted by molar-refractivity contribution is 8.18. The van der Waals surface area contributed by atoms with Crippen molar-refractivity contribution in [3.8, 4) is 11.5 Å². The number of nitrogens with one attached hydrogen (secondary N) is 1. The molecule has 0 radical (unpaired) electrons. The molecule has 0 aliphatic carbocycles. The normalized spacial score (nSPS) is 16.0. The summed E-state index contributed by atoms with van der Waals surface area (Å²) in [5.74, 6) is 0.291. The molecule has 0 spiro atoms. The van der Waals surface area contributed by atoms with Crippen molar-refractivity contribution < 1.29 is 28.8 Å². The molecule has 1 N–H and O–H groups in total. The Labute approximate surface area is 186 Å². The van der Waals surface area contributed by atoms with Crippen molar-refractivity contribution >= 4 is 40.6 Å². The van der Waals surface area contributed by atoms with Gasteiger partial charge in [0, 0.05) is 24.7 Å². The lowest BCUT2D eigenvalue weighted by atomic mass is 10.1. The van der Waals surface area contributed by atoms with Crippen LogP contribution in [0.4, 0.5) is 10.5 Å². The van der Waals surface area contributed by atoms with Crippen LogP contribution in [0.2, 0.25) is 0 Å². The fourth-order valence-corrected chi connectivity index (χ4v) is 4.09. The Morgan fingerprint density at radius 2 is 1.97 bits per heavy atom. The van der Waals surface area contributed by atoms with Crippen LogP contribution in [-0.2, 0) is 16.0 Å². The molecule has 0 saturated carbocycles. The fourth-order valence-electron chi connectivity index (χ4n) is 3.23. The largest absolute Gasteiger partial charge is 0.454 e. The minimum atomic E-state index is -0.546. The summed E-state index contributed by atoms with van der Waals surface area (Å²) in [6.45, 7) is 0.166. The number of hydrogen-bond donors (Lipinski definition) is 1. The number of carbonyl (C=O) groups is 3. The number of rotatable bonds is 7. The zero-order chi connectivity index (χ0) is 22.7. The number of thioether (sulfide) groups is 1. The molecule has 11 heteroatoms. The molecular weight excluding hydrogens is 438 g/mol. The molecular formula is C21H17N3O7S. The predicted molar refractivity (Wildman–Crippen MR) is 115 cm³/mol. The Bertz CT molecular complexity index is 1150. The molecule has 1 fully saturated rings. The van der Waals surface area contributed by atoms with E-state index in [0.29, 0.717) is 17.1 Å². The van der Waals surface area contributed by atoms with Gasteiger partial charge in [0.05, 0.1) is 16.2 Å². The summed E-state index contributed by atoms with van der Waals surface area (Å²) < 4.78 is 10.6. The Hall–Kier alpha value is -3.86. The zero-order valence-electron chi connectivity index (χ0n) is 16.6. The van der Waals surface area contributed by atoms with Crippen LogP contribution in [-0.4, -0.2) is 46.8 Å². The number of nitrogens with zero attached hydrogens (tertiary/aromatic N) is 2. The average Bonchev–Trinajstić information content (AvgIpc) is 3.33. The number of amides is 3. The first-order valence-corrected chi connectivity index (χ1v) is 10.4. The lowest BCUT2D eigenvalue weighted by Gasteiger charge is -2.13. The summed E-state index contributed by atoms with van der Waals surface area (Å²) in [5, 5.41) is 13.2. The van der Waals surface area contributed by atoms with E-state index < -0.39 is 22.0 Å². The van der Waals surface area contributed by atoms with Gasteiger partial charge in [-0.1, -0.05) is 24.3 Å². The van der Waals surface area contributed by atoms with Crippen LogP contribution in [0.3, 0.4) is 0 Å². The highest BCUT2D eigenvalue weighted by Gasteiger charge is 2.34. The summed E-state index contributed by atoms with van der Waals surface area (Å²) >= 11 is 0.815. The predicted octanol–water partition coefficient (Wildman–Crippen LogP) is 2.72. The van der Waals surface area contributed by atoms with Gasteiger partial charge in [0.2, 0.25) is 12.7 Å². The van der Waals surface area contributed by atoms with Gasteiger partial charge in [0.25, 0.3) is 16.8 Å². The third-order valence-corrected chi connectivity index (χ3v) is 5.67. The molecule has 2 heterocycles. The Morgan fingerprint density at radius 3 is 2.78 bits per heavy atom. The topological polar surface area (TPSA) is 128 Å². The van der Waals surface area contributed by atoms with Crippen molar-refractivity contribution in [3.63, 3.8) is 0 Å². The Balaban J connectivity index is 1.33. The standard InChI is InChI=1S/C21H17N3O7S/c25-19(11-14-3-1-2-4-15(14)24(28)29)22-7-8-23-20(26)18(32-21(23)27)10-13-5-6-16-17(9-13)31-12-30-16/h1-6,9-10H,7-8,11-12H2,(H,22,25)/b18-10-. The molecule has 4 rings (SSSR count). The smallest absolute Gasteiger partial charge is 0.293 e. The molecule has 2 aliphatic rings. The minimum absolute atomic E-state index is 0.00817. The summed E-state index contributed by atoms with van der Waals surface area (Å²) in [5.41, 5.74) is 0.840. The maximum atomic E-state index is 12.6. The zero-order valence-corrected chi connectivity index (χ0v) is 17.4. The number of hydrogen-bond acceptors (Lipinski definition) is 8. The SMILES string of the molecule is O=C(Cc1ccccc1[N+](=O)[O-])NCCN1C(=O)S/C(=C\c2ccc3c(c2)OCO3)C1=O. The van der Waals surface area contributed by atoms with Crippen LogP contribution in [0.25, 0.3) is 6.08 Å². The van der Waals surface area contributed by atoms with E-state index in [4.69, 9.17) is 9.47 Å². The summed E-state index contributed by atoms with van der Waals surface area (Å²) in [6.07, 6.45) is 1.42. The molecule has 2 aromatic rings. The number of ether oxygens (including phenoxy) is 2. The number of para-hydroxylation sites is 1. The van der Waals surface area contributed by atoms with E-state index in [2.05, 4.69) is 5.32 Å². The van der Waals surface area contributed by atoms with E-state index in [1.165, 1.54) is 18.2 Å². The molecule has 2 aromatic carbocycles. The highest BCUT2D eigenvalue weighted by Crippen LogP contribution is 2.36. The molecule has 3 amide bonds. The highest BCUT2D eigenvalue weighted by atomic mass is 32.2.